The van der Waals surface area contributed by atoms with Crippen molar-refractivity contribution in [3.8, 4) is 0 Å². The quantitative estimate of drug-likeness (QED) is 0.179. The first kappa shape index (κ1) is 15.7. The molecule has 0 bridgehead atoms. The van der Waals surface area contributed by atoms with Crippen molar-refractivity contribution in [3.05, 3.63) is 29.3 Å². The van der Waals surface area contributed by atoms with Gasteiger partial charge >= 0.3 is 0 Å². The van der Waals surface area contributed by atoms with E-state index in [1.54, 1.807) is 32.3 Å². The second kappa shape index (κ2) is 6.73. The molecule has 0 aliphatic carbocycles. The molecule has 0 aliphatic rings. The molecule has 1 aromatic carbocycles. The number of likely N-dealkylation sites (N-methyl/N-ethyl adjacent to an activating group) is 1. The van der Waals surface area contributed by atoms with Crippen molar-refractivity contribution in [2.45, 2.75) is 0 Å². The number of hydrogen-bond acceptors (Lipinski definition) is 6. The highest BCUT2D eigenvalue weighted by Gasteiger charge is 2.15. The lowest BCUT2D eigenvalue weighted by atomic mass is 10.1. The zero-order valence-corrected chi connectivity index (χ0v) is 11.6. The molecule has 0 atom stereocenters. The molecule has 7 N–H and O–H groups in total. The van der Waals surface area contributed by atoms with Crippen molar-refractivity contribution < 1.29 is 9.90 Å². The molecule has 0 aliphatic heterocycles. The predicted molar refractivity (Wildman–Crippen MR) is 77.6 cm³/mol. The lowest BCUT2D eigenvalue weighted by molar-refractivity contribution is 0.0767. The zero-order chi connectivity index (χ0) is 15.3. The lowest BCUT2D eigenvalue weighted by Gasteiger charge is -2.18. The van der Waals surface area contributed by atoms with Gasteiger partial charge in [-0.25, -0.2) is 5.84 Å². The number of rotatable bonds is 4. The van der Waals surface area contributed by atoms with Crippen LogP contribution in [0.1, 0.15) is 15.9 Å². The minimum absolute atomic E-state index is 0.113. The van der Waals surface area contributed by atoms with E-state index in [2.05, 4.69) is 5.10 Å². The molecule has 0 saturated carbocycles. The van der Waals surface area contributed by atoms with Gasteiger partial charge in [-0.15, -0.1) is 0 Å². The van der Waals surface area contributed by atoms with Gasteiger partial charge in [-0.1, -0.05) is 0 Å². The summed E-state index contributed by atoms with van der Waals surface area (Å²) in [4.78, 5) is 13.6. The molecule has 110 valence electrons. The molecule has 8 nitrogen and oxygen atoms in total. The number of benzene rings is 1. The minimum Gasteiger partial charge on any atom is -0.399 e. The maximum atomic E-state index is 12.2. The van der Waals surface area contributed by atoms with Gasteiger partial charge in [0.05, 0.1) is 6.61 Å². The van der Waals surface area contributed by atoms with Gasteiger partial charge in [-0.3, -0.25) is 9.80 Å². The topological polar surface area (TPSA) is 134 Å². The van der Waals surface area contributed by atoms with Gasteiger partial charge in [-0.2, -0.15) is 5.10 Å². The smallest absolute Gasteiger partial charge is 0.253 e. The van der Waals surface area contributed by atoms with Crippen molar-refractivity contribution in [3.63, 3.8) is 0 Å². The number of nitrogens with zero attached hydrogens (tertiary/aromatic N) is 3. The Balaban J connectivity index is 3.18. The van der Waals surface area contributed by atoms with E-state index in [1.165, 1.54) is 9.91 Å². The van der Waals surface area contributed by atoms with Crippen molar-refractivity contribution in [2.24, 2.45) is 16.8 Å². The van der Waals surface area contributed by atoms with Crippen LogP contribution < -0.4 is 17.4 Å². The number of hydrogen-bond donors (Lipinski definition) is 4. The van der Waals surface area contributed by atoms with Gasteiger partial charge < -0.3 is 21.6 Å². The molecule has 0 unspecified atom stereocenters. The van der Waals surface area contributed by atoms with Gasteiger partial charge in [0.2, 0.25) is 0 Å². The number of amidine groups is 1. The third-order valence-corrected chi connectivity index (χ3v) is 2.70. The number of carbonyl (C=O) groups excluding carboxylic acids is 1. The minimum atomic E-state index is -0.261. The van der Waals surface area contributed by atoms with Crippen LogP contribution in [-0.2, 0) is 0 Å². The van der Waals surface area contributed by atoms with Crippen LogP contribution in [0, 0.1) is 0 Å². The molecule has 1 amide bonds. The van der Waals surface area contributed by atoms with E-state index in [0.29, 0.717) is 22.6 Å². The molecule has 0 spiro atoms. The maximum absolute atomic E-state index is 12.2. The number of aliphatic hydroxyl groups is 1. The summed E-state index contributed by atoms with van der Waals surface area (Å²) >= 11 is 0. The summed E-state index contributed by atoms with van der Waals surface area (Å²) in [6, 6.07) is 4.77. The van der Waals surface area contributed by atoms with E-state index in [-0.39, 0.29) is 19.1 Å². The predicted octanol–water partition coefficient (Wildman–Crippen LogP) is -1.24. The van der Waals surface area contributed by atoms with E-state index < -0.39 is 0 Å². The van der Waals surface area contributed by atoms with Gasteiger partial charge in [-0.05, 0) is 18.2 Å². The standard InChI is InChI=1S/C12H20N6O2/c1-17(3-4-19)12(20)9-5-8(6-10(13)7-9)11(16-14)18(2)15/h5-7,19H,3-4,13-15H2,1-2H3/b16-11-. The first-order valence-corrected chi connectivity index (χ1v) is 5.94. The van der Waals surface area contributed by atoms with Crippen molar-refractivity contribution >= 4 is 17.4 Å². The van der Waals surface area contributed by atoms with E-state index >= 15 is 0 Å². The second-order valence-electron chi connectivity index (χ2n) is 4.36. The summed E-state index contributed by atoms with van der Waals surface area (Å²) in [5.41, 5.74) is 7.10. The highest BCUT2D eigenvalue weighted by atomic mass is 16.3. The van der Waals surface area contributed by atoms with Gasteiger partial charge in [0.1, 0.15) is 0 Å². The Kier molecular flexibility index (Phi) is 5.30. The SMILES string of the molecule is CN(CCO)C(=O)c1cc(N)cc(/C(=N/N)N(C)N)c1. The van der Waals surface area contributed by atoms with Crippen molar-refractivity contribution in [1.29, 1.82) is 0 Å². The van der Waals surface area contributed by atoms with Gasteiger partial charge in [0.15, 0.2) is 5.84 Å². The Morgan fingerprint density at radius 2 is 1.90 bits per heavy atom. The van der Waals surface area contributed by atoms with Crippen LogP contribution in [0.4, 0.5) is 5.69 Å². The number of nitrogens with two attached hydrogens (primary N) is 3. The van der Waals surface area contributed by atoms with Crippen molar-refractivity contribution in [2.75, 3.05) is 33.0 Å². The molecule has 0 aromatic heterocycles. The van der Waals surface area contributed by atoms with E-state index in [4.69, 9.17) is 22.5 Å². The number of nitrogen functional groups attached to an aromatic ring is 1. The lowest BCUT2D eigenvalue weighted by Crippen LogP contribution is -2.35. The molecule has 1 aromatic rings. The molecule has 0 radical (unpaired) electrons. The number of carbonyl (C=O) groups is 1. The molecular formula is C12H20N6O2. The Morgan fingerprint density at radius 1 is 1.30 bits per heavy atom. The summed E-state index contributed by atoms with van der Waals surface area (Å²) in [6.07, 6.45) is 0. The van der Waals surface area contributed by atoms with E-state index in [9.17, 15) is 4.79 Å². The monoisotopic (exact) mass is 280 g/mol. The fourth-order valence-corrected chi connectivity index (χ4v) is 1.75. The zero-order valence-electron chi connectivity index (χ0n) is 11.6. The van der Waals surface area contributed by atoms with Gasteiger partial charge in [0.25, 0.3) is 5.91 Å². The molecule has 20 heavy (non-hydrogen) atoms. The third-order valence-electron chi connectivity index (χ3n) is 2.70. The molecular weight excluding hydrogens is 260 g/mol. The molecule has 0 saturated heterocycles. The fraction of sp³-hybridized carbons (Fsp3) is 0.333. The molecule has 0 fully saturated rings. The molecule has 1 rings (SSSR count). The normalized spacial score (nSPS) is 11.3. The Hall–Kier alpha value is -2.32. The summed E-state index contributed by atoms with van der Waals surface area (Å²) in [7, 11) is 3.17. The van der Waals surface area contributed by atoms with Crippen LogP contribution in [0.25, 0.3) is 0 Å². The van der Waals surface area contributed by atoms with Crippen LogP contribution in [0.3, 0.4) is 0 Å². The summed E-state index contributed by atoms with van der Waals surface area (Å²) < 4.78 is 0. The van der Waals surface area contributed by atoms with Crippen LogP contribution in [0.5, 0.6) is 0 Å². The first-order valence-electron chi connectivity index (χ1n) is 5.94. The highest BCUT2D eigenvalue weighted by molar-refractivity contribution is 6.02. The van der Waals surface area contributed by atoms with E-state index in [1.807, 2.05) is 0 Å². The number of hydrazine groups is 1. The van der Waals surface area contributed by atoms with Crippen molar-refractivity contribution in [1.82, 2.24) is 9.91 Å². The molecule has 8 heteroatoms. The third kappa shape index (κ3) is 3.59. The largest absolute Gasteiger partial charge is 0.399 e. The molecule has 0 heterocycles. The average Bonchev–Trinajstić information content (AvgIpc) is 2.37. The summed E-state index contributed by atoms with van der Waals surface area (Å²) in [6.45, 7) is 0.121. The van der Waals surface area contributed by atoms with Crippen LogP contribution in [0.15, 0.2) is 23.3 Å². The van der Waals surface area contributed by atoms with Gasteiger partial charge in [0, 0.05) is 37.5 Å². The number of amides is 1. The first-order chi connectivity index (χ1) is 9.40. The Labute approximate surface area is 117 Å². The Bertz CT molecular complexity index is 515. The van der Waals surface area contributed by atoms with Crippen LogP contribution >= 0.6 is 0 Å². The average molecular weight is 280 g/mol. The van der Waals surface area contributed by atoms with Crippen LogP contribution in [0.2, 0.25) is 0 Å². The number of hydrazone groups is 1. The Morgan fingerprint density at radius 3 is 2.40 bits per heavy atom. The highest BCUT2D eigenvalue weighted by Crippen LogP contribution is 2.15. The maximum Gasteiger partial charge on any atom is 0.253 e. The number of anilines is 1. The summed E-state index contributed by atoms with van der Waals surface area (Å²) in [5, 5.41) is 13.7. The summed E-state index contributed by atoms with van der Waals surface area (Å²) in [5.74, 6) is 10.9. The van der Waals surface area contributed by atoms with Crippen LogP contribution in [-0.4, -0.2) is 54.0 Å². The second-order valence-corrected chi connectivity index (χ2v) is 4.36. The number of aliphatic hydroxyl groups excluding tert-OH is 1. The van der Waals surface area contributed by atoms with E-state index in [0.717, 1.165) is 0 Å². The fourth-order valence-electron chi connectivity index (χ4n) is 1.75.